The van der Waals surface area contributed by atoms with Crippen LogP contribution in [0.1, 0.15) is 12.5 Å². The second-order valence-corrected chi connectivity index (χ2v) is 6.54. The summed E-state index contributed by atoms with van der Waals surface area (Å²) in [6.07, 6.45) is 4.77. The molecule has 0 spiro atoms. The number of nitrogens with one attached hydrogen (secondary N) is 1. The van der Waals surface area contributed by atoms with Crippen molar-refractivity contribution in [1.82, 2.24) is 24.5 Å². The van der Waals surface area contributed by atoms with Crippen molar-refractivity contribution in [3.8, 4) is 0 Å². The highest BCUT2D eigenvalue weighted by molar-refractivity contribution is 6.30. The first-order chi connectivity index (χ1) is 12.0. The molecule has 2 heterocycles. The van der Waals surface area contributed by atoms with Crippen LogP contribution in [0.4, 0.5) is 5.95 Å². The Morgan fingerprint density at radius 2 is 2.12 bits per heavy atom. The van der Waals surface area contributed by atoms with Gasteiger partial charge in [-0.25, -0.2) is 9.67 Å². The third kappa shape index (κ3) is 4.80. The second-order valence-electron chi connectivity index (χ2n) is 5.67. The molecule has 0 aliphatic carbocycles. The highest BCUT2D eigenvalue weighted by Gasteiger charge is 2.16. The molecule has 0 aliphatic heterocycles. The van der Waals surface area contributed by atoms with Gasteiger partial charge < -0.3 is 0 Å². The van der Waals surface area contributed by atoms with Crippen LogP contribution in [0, 0.1) is 5.92 Å². The number of amides is 1. The first kappa shape index (κ1) is 17.4. The van der Waals surface area contributed by atoms with Crippen molar-refractivity contribution in [2.24, 2.45) is 5.92 Å². The molecule has 0 saturated heterocycles. The van der Waals surface area contributed by atoms with Crippen molar-refractivity contribution in [3.05, 3.63) is 58.6 Å². The minimum absolute atomic E-state index is 0.188. The summed E-state index contributed by atoms with van der Waals surface area (Å²) in [5.41, 5.74) is 0.999. The van der Waals surface area contributed by atoms with Gasteiger partial charge in [0.05, 0.1) is 30.2 Å². The van der Waals surface area contributed by atoms with E-state index in [4.69, 9.17) is 23.2 Å². The average Bonchev–Trinajstić information content (AvgIpc) is 3.16. The molecule has 3 aromatic rings. The lowest BCUT2D eigenvalue weighted by atomic mass is 10.1. The van der Waals surface area contributed by atoms with Gasteiger partial charge in [0, 0.05) is 11.2 Å². The van der Waals surface area contributed by atoms with Gasteiger partial charge in [-0.3, -0.25) is 14.8 Å². The number of anilines is 1. The van der Waals surface area contributed by atoms with E-state index in [0.717, 1.165) is 5.56 Å². The molecule has 7 nitrogen and oxygen atoms in total. The number of carbonyl (C=O) groups excluding carboxylic acids is 1. The maximum Gasteiger partial charge on any atom is 0.248 e. The van der Waals surface area contributed by atoms with Crippen molar-refractivity contribution in [2.45, 2.75) is 20.0 Å². The molecule has 1 amide bonds. The molecule has 0 fully saturated rings. The summed E-state index contributed by atoms with van der Waals surface area (Å²) in [6, 6.07) is 7.49. The van der Waals surface area contributed by atoms with Crippen molar-refractivity contribution in [3.63, 3.8) is 0 Å². The molecule has 1 aromatic carbocycles. The minimum Gasteiger partial charge on any atom is -0.293 e. The van der Waals surface area contributed by atoms with E-state index in [1.807, 2.05) is 24.3 Å². The highest BCUT2D eigenvalue weighted by atomic mass is 35.5. The molecule has 0 aliphatic rings. The molecule has 1 N–H and O–H groups in total. The Kier molecular flexibility index (Phi) is 5.35. The summed E-state index contributed by atoms with van der Waals surface area (Å²) in [4.78, 5) is 16.4. The van der Waals surface area contributed by atoms with Crippen LogP contribution in [0.3, 0.4) is 0 Å². The Balaban J connectivity index is 1.57. The van der Waals surface area contributed by atoms with E-state index < -0.39 is 0 Å². The van der Waals surface area contributed by atoms with Crippen LogP contribution >= 0.6 is 23.2 Å². The summed E-state index contributed by atoms with van der Waals surface area (Å²) in [5, 5.41) is 12.2. The number of halogens is 2. The number of aromatic nitrogens is 5. The summed E-state index contributed by atoms with van der Waals surface area (Å²) >= 11 is 11.8. The first-order valence-corrected chi connectivity index (χ1v) is 8.38. The molecule has 25 heavy (non-hydrogen) atoms. The third-order valence-corrected chi connectivity index (χ3v) is 3.95. The molecule has 1 atom stereocenters. The van der Waals surface area contributed by atoms with Crippen LogP contribution in [0.15, 0.2) is 43.0 Å². The highest BCUT2D eigenvalue weighted by Crippen LogP contribution is 2.12. The van der Waals surface area contributed by atoms with E-state index in [-0.39, 0.29) is 17.8 Å². The monoisotopic (exact) mass is 378 g/mol. The number of rotatable bonds is 6. The molecular formula is C16H16Cl2N6O. The van der Waals surface area contributed by atoms with Gasteiger partial charge in [-0.05, 0) is 17.7 Å². The second kappa shape index (κ2) is 7.67. The van der Waals surface area contributed by atoms with Crippen LogP contribution in [-0.2, 0) is 17.9 Å². The SMILES string of the molecule is CC(Cn1cc(Cl)cn1)C(=O)Nc1ncn(Cc2cccc(Cl)c2)n1. The average molecular weight is 379 g/mol. The van der Waals surface area contributed by atoms with E-state index in [0.29, 0.717) is 23.1 Å². The van der Waals surface area contributed by atoms with Crippen LogP contribution in [0.25, 0.3) is 0 Å². The summed E-state index contributed by atoms with van der Waals surface area (Å²) < 4.78 is 3.26. The standard InChI is InChI=1S/C16H16Cl2N6O/c1-11(7-23-9-14(18)6-20-23)15(25)21-16-19-10-24(22-16)8-12-3-2-4-13(17)5-12/h2-6,9-11H,7-8H2,1H3,(H,21,22,25). The smallest absolute Gasteiger partial charge is 0.248 e. The largest absolute Gasteiger partial charge is 0.293 e. The van der Waals surface area contributed by atoms with Crippen molar-refractivity contribution >= 4 is 35.1 Å². The van der Waals surface area contributed by atoms with Gasteiger partial charge in [-0.15, -0.1) is 5.10 Å². The van der Waals surface area contributed by atoms with Gasteiger partial charge in [0.2, 0.25) is 11.9 Å². The predicted octanol–water partition coefficient (Wildman–Crippen LogP) is 3.10. The normalized spacial score (nSPS) is 12.1. The van der Waals surface area contributed by atoms with Gasteiger partial charge >= 0.3 is 0 Å². The van der Waals surface area contributed by atoms with Gasteiger partial charge in [0.1, 0.15) is 6.33 Å². The number of nitrogens with zero attached hydrogens (tertiary/aromatic N) is 5. The number of carbonyl (C=O) groups is 1. The number of hydrogen-bond acceptors (Lipinski definition) is 4. The molecule has 3 rings (SSSR count). The van der Waals surface area contributed by atoms with Crippen LogP contribution in [0.2, 0.25) is 10.0 Å². The topological polar surface area (TPSA) is 77.6 Å². The maximum atomic E-state index is 12.2. The first-order valence-electron chi connectivity index (χ1n) is 7.62. The fourth-order valence-electron chi connectivity index (χ4n) is 2.29. The number of benzene rings is 1. The molecule has 9 heteroatoms. The molecular weight excluding hydrogens is 363 g/mol. The zero-order valence-corrected chi connectivity index (χ0v) is 14.9. The van der Waals surface area contributed by atoms with E-state index in [1.165, 1.54) is 6.20 Å². The molecule has 0 radical (unpaired) electrons. The molecule has 2 aromatic heterocycles. The molecule has 0 saturated carbocycles. The van der Waals surface area contributed by atoms with Crippen molar-refractivity contribution in [2.75, 3.05) is 5.32 Å². The number of hydrogen-bond donors (Lipinski definition) is 1. The zero-order valence-electron chi connectivity index (χ0n) is 13.4. The van der Waals surface area contributed by atoms with Gasteiger partial charge in [-0.2, -0.15) is 5.10 Å². The van der Waals surface area contributed by atoms with E-state index >= 15 is 0 Å². The Labute approximate surface area is 154 Å². The minimum atomic E-state index is -0.309. The fraction of sp³-hybridized carbons (Fsp3) is 0.250. The molecule has 0 bridgehead atoms. The molecule has 130 valence electrons. The van der Waals surface area contributed by atoms with Crippen molar-refractivity contribution in [1.29, 1.82) is 0 Å². The van der Waals surface area contributed by atoms with Crippen LogP contribution in [-0.4, -0.2) is 30.5 Å². The summed E-state index contributed by atoms with van der Waals surface area (Å²) in [7, 11) is 0. The summed E-state index contributed by atoms with van der Waals surface area (Å²) in [6.45, 7) is 2.74. The lowest BCUT2D eigenvalue weighted by molar-refractivity contribution is -0.119. The lowest BCUT2D eigenvalue weighted by Gasteiger charge is -2.10. The van der Waals surface area contributed by atoms with E-state index in [9.17, 15) is 4.79 Å². The van der Waals surface area contributed by atoms with E-state index in [2.05, 4.69) is 20.5 Å². The lowest BCUT2D eigenvalue weighted by Crippen LogP contribution is -2.25. The quantitative estimate of drug-likeness (QED) is 0.714. The maximum absolute atomic E-state index is 12.2. The Bertz CT molecular complexity index is 875. The fourth-order valence-corrected chi connectivity index (χ4v) is 2.65. The van der Waals surface area contributed by atoms with Gasteiger partial charge in [0.25, 0.3) is 0 Å². The molecule has 1 unspecified atom stereocenters. The van der Waals surface area contributed by atoms with Gasteiger partial charge in [-0.1, -0.05) is 42.3 Å². The van der Waals surface area contributed by atoms with Crippen LogP contribution in [0.5, 0.6) is 0 Å². The van der Waals surface area contributed by atoms with Gasteiger partial charge in [0.15, 0.2) is 0 Å². The van der Waals surface area contributed by atoms with Crippen LogP contribution < -0.4 is 5.32 Å². The zero-order chi connectivity index (χ0) is 17.8. The Morgan fingerprint density at radius 1 is 1.28 bits per heavy atom. The predicted molar refractivity (Wildman–Crippen MR) is 95.6 cm³/mol. The Morgan fingerprint density at radius 3 is 2.84 bits per heavy atom. The Hall–Kier alpha value is -2.38. The summed E-state index contributed by atoms with van der Waals surface area (Å²) in [5.74, 6) is -0.236. The van der Waals surface area contributed by atoms with E-state index in [1.54, 1.807) is 28.8 Å². The van der Waals surface area contributed by atoms with Crippen molar-refractivity contribution < 1.29 is 4.79 Å². The third-order valence-electron chi connectivity index (χ3n) is 3.52.